The van der Waals surface area contributed by atoms with E-state index in [0.717, 1.165) is 7.05 Å². The molecule has 0 fully saturated rings. The van der Waals surface area contributed by atoms with Crippen LogP contribution in [-0.4, -0.2) is 24.7 Å². The summed E-state index contributed by atoms with van der Waals surface area (Å²) in [5, 5.41) is 2.07. The van der Waals surface area contributed by atoms with Crippen LogP contribution in [0.1, 0.15) is 31.0 Å². The predicted molar refractivity (Wildman–Crippen MR) is 67.7 cm³/mol. The lowest BCUT2D eigenvalue weighted by Crippen LogP contribution is -2.47. The van der Waals surface area contributed by atoms with Crippen LogP contribution in [0.25, 0.3) is 0 Å². The molecule has 0 radical (unpaired) electrons. The third-order valence-electron chi connectivity index (χ3n) is 3.45. The van der Waals surface area contributed by atoms with Gasteiger partial charge >= 0.3 is 12.1 Å². The Labute approximate surface area is 119 Å². The zero-order valence-corrected chi connectivity index (χ0v) is 11.8. The maximum absolute atomic E-state index is 13.6. The van der Waals surface area contributed by atoms with Gasteiger partial charge in [-0.2, -0.15) is 22.0 Å². The first-order valence-electron chi connectivity index (χ1n) is 6.41. The molecule has 1 heterocycles. The smallest absolute Gasteiger partial charge is 0.455 e. The van der Waals surface area contributed by atoms with Crippen LogP contribution in [0, 0.1) is 0 Å². The highest BCUT2D eigenvalue weighted by molar-refractivity contribution is 5.43. The zero-order chi connectivity index (χ0) is 16.1. The molecule has 2 nitrogen and oxygen atoms in total. The van der Waals surface area contributed by atoms with E-state index < -0.39 is 23.7 Å². The fourth-order valence-electron chi connectivity index (χ4n) is 2.53. The first-order valence-corrected chi connectivity index (χ1v) is 6.41. The quantitative estimate of drug-likeness (QED) is 0.856. The van der Waals surface area contributed by atoms with Crippen LogP contribution in [0.4, 0.5) is 22.0 Å². The molecule has 1 unspecified atom stereocenters. The summed E-state index contributed by atoms with van der Waals surface area (Å²) in [6.45, 7) is 3.65. The summed E-state index contributed by atoms with van der Waals surface area (Å²) in [6.07, 6.45) is -5.15. The van der Waals surface area contributed by atoms with Gasteiger partial charge in [0.1, 0.15) is 17.4 Å². The summed E-state index contributed by atoms with van der Waals surface area (Å²) < 4.78 is 70.3. The van der Waals surface area contributed by atoms with Crippen LogP contribution >= 0.6 is 0 Å². The molecule has 0 saturated heterocycles. The fourth-order valence-corrected chi connectivity index (χ4v) is 2.53. The number of halogens is 5. The van der Waals surface area contributed by atoms with Crippen molar-refractivity contribution in [3.63, 3.8) is 0 Å². The molecule has 7 heteroatoms. The molecule has 0 spiro atoms. The van der Waals surface area contributed by atoms with Crippen molar-refractivity contribution in [1.82, 2.24) is 5.32 Å². The Morgan fingerprint density at radius 1 is 1.19 bits per heavy atom. The Morgan fingerprint density at radius 2 is 1.81 bits per heavy atom. The third kappa shape index (κ3) is 2.84. The van der Waals surface area contributed by atoms with Crippen LogP contribution in [-0.2, 0) is 6.42 Å². The number of ether oxygens (including phenoxy) is 1. The first kappa shape index (κ1) is 16.0. The van der Waals surface area contributed by atoms with Gasteiger partial charge in [0.25, 0.3) is 0 Å². The topological polar surface area (TPSA) is 21.3 Å². The van der Waals surface area contributed by atoms with Gasteiger partial charge < -0.3 is 10.1 Å². The van der Waals surface area contributed by atoms with Crippen molar-refractivity contribution < 1.29 is 26.7 Å². The predicted octanol–water partition coefficient (Wildman–Crippen LogP) is 3.86. The van der Waals surface area contributed by atoms with Crippen molar-refractivity contribution in [2.24, 2.45) is 0 Å². The van der Waals surface area contributed by atoms with Gasteiger partial charge in [-0.3, -0.25) is 0 Å². The van der Waals surface area contributed by atoms with Gasteiger partial charge in [-0.25, -0.2) is 0 Å². The van der Waals surface area contributed by atoms with Crippen LogP contribution in [0.5, 0.6) is 5.75 Å². The Balaban J connectivity index is 2.38. The Hall–Kier alpha value is -1.37. The standard InChI is InChI=1S/C14H16F5NO/c1-12(2)7-9-6-8(4-5-10(9)21-12)11(20-3)13(15,16)14(17,18)19/h4-6,11,20H,7H2,1-3H3. The summed E-state index contributed by atoms with van der Waals surface area (Å²) in [5.74, 6) is -4.33. The van der Waals surface area contributed by atoms with Gasteiger partial charge in [-0.1, -0.05) is 12.1 Å². The van der Waals surface area contributed by atoms with Crippen LogP contribution in [0.2, 0.25) is 0 Å². The lowest BCUT2D eigenvalue weighted by atomic mass is 9.95. The van der Waals surface area contributed by atoms with Gasteiger partial charge in [0.05, 0.1) is 0 Å². The average Bonchev–Trinajstić information content (AvgIpc) is 2.61. The minimum atomic E-state index is -5.62. The van der Waals surface area contributed by atoms with E-state index in [1.165, 1.54) is 18.2 Å². The molecule has 1 aromatic rings. The Bertz CT molecular complexity index is 539. The number of hydrogen-bond acceptors (Lipinski definition) is 2. The molecule has 0 amide bonds. The van der Waals surface area contributed by atoms with Crippen molar-refractivity contribution in [2.45, 2.75) is 44.0 Å². The average molecular weight is 309 g/mol. The molecule has 1 aliphatic rings. The molecular formula is C14H16F5NO. The summed E-state index contributed by atoms with van der Waals surface area (Å²) in [4.78, 5) is 0. The van der Waals surface area contributed by atoms with Gasteiger partial charge in [0, 0.05) is 6.42 Å². The Morgan fingerprint density at radius 3 is 2.33 bits per heavy atom. The highest BCUT2D eigenvalue weighted by Crippen LogP contribution is 2.45. The maximum Gasteiger partial charge on any atom is 0.455 e. The van der Waals surface area contributed by atoms with E-state index in [9.17, 15) is 22.0 Å². The number of nitrogens with one attached hydrogen (secondary N) is 1. The number of benzene rings is 1. The van der Waals surface area contributed by atoms with Crippen molar-refractivity contribution in [1.29, 1.82) is 0 Å². The van der Waals surface area contributed by atoms with Crippen molar-refractivity contribution in [2.75, 3.05) is 7.05 Å². The normalized spacial score (nSPS) is 19.0. The molecule has 2 rings (SSSR count). The second-order valence-corrected chi connectivity index (χ2v) is 5.75. The van der Waals surface area contributed by atoms with Crippen LogP contribution < -0.4 is 10.1 Å². The summed E-state index contributed by atoms with van der Waals surface area (Å²) in [7, 11) is 1.08. The molecule has 0 saturated carbocycles. The molecule has 0 aromatic heterocycles. The largest absolute Gasteiger partial charge is 0.487 e. The van der Waals surface area contributed by atoms with E-state index in [2.05, 4.69) is 5.32 Å². The lowest BCUT2D eigenvalue weighted by Gasteiger charge is -2.28. The van der Waals surface area contributed by atoms with E-state index in [4.69, 9.17) is 4.74 Å². The van der Waals surface area contributed by atoms with Crippen LogP contribution in [0.15, 0.2) is 18.2 Å². The van der Waals surface area contributed by atoms with E-state index >= 15 is 0 Å². The fraction of sp³-hybridized carbons (Fsp3) is 0.571. The molecule has 0 bridgehead atoms. The second kappa shape index (κ2) is 4.83. The minimum Gasteiger partial charge on any atom is -0.487 e. The van der Waals surface area contributed by atoms with Gasteiger partial charge in [0.2, 0.25) is 0 Å². The molecule has 118 valence electrons. The molecule has 1 atom stereocenters. The van der Waals surface area contributed by atoms with E-state index in [1.807, 2.05) is 13.8 Å². The summed E-state index contributed by atoms with van der Waals surface area (Å²) >= 11 is 0. The van der Waals surface area contributed by atoms with Gasteiger partial charge in [0.15, 0.2) is 0 Å². The van der Waals surface area contributed by atoms with E-state index in [0.29, 0.717) is 17.7 Å². The molecule has 1 aliphatic heterocycles. The summed E-state index contributed by atoms with van der Waals surface area (Å²) in [5.41, 5.74) is 0.0402. The monoisotopic (exact) mass is 309 g/mol. The van der Waals surface area contributed by atoms with Crippen molar-refractivity contribution in [3.05, 3.63) is 29.3 Å². The SMILES string of the molecule is CNC(c1ccc2c(c1)CC(C)(C)O2)C(F)(F)C(F)(F)F. The number of rotatable bonds is 3. The third-order valence-corrected chi connectivity index (χ3v) is 3.45. The highest BCUT2D eigenvalue weighted by Gasteiger charge is 2.62. The minimum absolute atomic E-state index is 0.111. The molecular weight excluding hydrogens is 293 g/mol. The van der Waals surface area contributed by atoms with E-state index in [-0.39, 0.29) is 5.56 Å². The lowest BCUT2D eigenvalue weighted by molar-refractivity contribution is -0.293. The Kier molecular flexibility index (Phi) is 3.68. The molecule has 1 aromatic carbocycles. The van der Waals surface area contributed by atoms with Crippen molar-refractivity contribution >= 4 is 0 Å². The maximum atomic E-state index is 13.6. The molecule has 21 heavy (non-hydrogen) atoms. The number of alkyl halides is 5. The zero-order valence-electron chi connectivity index (χ0n) is 11.8. The first-order chi connectivity index (χ1) is 9.48. The second-order valence-electron chi connectivity index (χ2n) is 5.75. The summed E-state index contributed by atoms with van der Waals surface area (Å²) in [6, 6.07) is 1.90. The molecule has 1 N–H and O–H groups in total. The number of fused-ring (bicyclic) bond motifs is 1. The number of hydrogen-bond donors (Lipinski definition) is 1. The van der Waals surface area contributed by atoms with Crippen molar-refractivity contribution in [3.8, 4) is 5.75 Å². The molecule has 0 aliphatic carbocycles. The van der Waals surface area contributed by atoms with E-state index in [1.54, 1.807) is 0 Å². The van der Waals surface area contributed by atoms with Gasteiger partial charge in [-0.15, -0.1) is 0 Å². The van der Waals surface area contributed by atoms with Gasteiger partial charge in [-0.05, 0) is 38.1 Å². The highest BCUT2D eigenvalue weighted by atomic mass is 19.4. The van der Waals surface area contributed by atoms with Crippen LogP contribution in [0.3, 0.4) is 0 Å².